The van der Waals surface area contributed by atoms with Crippen LogP contribution < -0.4 is 10.7 Å². The van der Waals surface area contributed by atoms with Crippen LogP contribution in [0.5, 0.6) is 0 Å². The van der Waals surface area contributed by atoms with Crippen LogP contribution in [0.3, 0.4) is 0 Å². The summed E-state index contributed by atoms with van der Waals surface area (Å²) in [6.07, 6.45) is 0. The van der Waals surface area contributed by atoms with E-state index in [1.165, 1.54) is 0 Å². The second-order valence-electron chi connectivity index (χ2n) is 5.84. The number of benzene rings is 2. The summed E-state index contributed by atoms with van der Waals surface area (Å²) < 4.78 is 10.3. The molecule has 1 aromatic heterocycles. The Morgan fingerprint density at radius 1 is 1.08 bits per heavy atom. The lowest BCUT2D eigenvalue weighted by Gasteiger charge is -2.10. The average molecular weight is 351 g/mol. The van der Waals surface area contributed by atoms with Gasteiger partial charge in [-0.05, 0) is 43.2 Å². The minimum atomic E-state index is -0.871. The zero-order valence-corrected chi connectivity index (χ0v) is 14.4. The van der Waals surface area contributed by atoms with E-state index in [0.29, 0.717) is 11.1 Å². The Morgan fingerprint density at radius 3 is 2.65 bits per heavy atom. The fourth-order valence-corrected chi connectivity index (χ4v) is 2.48. The number of hydrogen-bond acceptors (Lipinski definition) is 5. The lowest BCUT2D eigenvalue weighted by atomic mass is 10.1. The third kappa shape index (κ3) is 3.64. The molecule has 0 radical (unpaired) electrons. The van der Waals surface area contributed by atoms with Crippen molar-refractivity contribution in [2.24, 2.45) is 0 Å². The van der Waals surface area contributed by atoms with Gasteiger partial charge >= 0.3 is 5.97 Å². The first-order valence-corrected chi connectivity index (χ1v) is 8.02. The van der Waals surface area contributed by atoms with Crippen LogP contribution in [0.15, 0.2) is 57.7 Å². The predicted molar refractivity (Wildman–Crippen MR) is 97.3 cm³/mol. The molecule has 0 unspecified atom stereocenters. The highest BCUT2D eigenvalue weighted by Gasteiger charge is 2.16. The van der Waals surface area contributed by atoms with Gasteiger partial charge in [-0.2, -0.15) is 0 Å². The summed E-state index contributed by atoms with van der Waals surface area (Å²) in [5, 5.41) is 3.06. The number of hydrogen-bond donors (Lipinski definition) is 1. The minimum Gasteiger partial charge on any atom is -0.450 e. The number of ether oxygens (including phenoxy) is 1. The van der Waals surface area contributed by atoms with Gasteiger partial charge < -0.3 is 14.5 Å². The zero-order valence-electron chi connectivity index (χ0n) is 14.4. The van der Waals surface area contributed by atoms with Crippen molar-refractivity contribution in [3.05, 3.63) is 75.6 Å². The molecule has 1 heterocycles. The van der Waals surface area contributed by atoms with Crippen molar-refractivity contribution in [1.82, 2.24) is 0 Å². The molecule has 1 amide bonds. The van der Waals surface area contributed by atoms with Crippen molar-refractivity contribution in [3.8, 4) is 0 Å². The van der Waals surface area contributed by atoms with Gasteiger partial charge in [0.1, 0.15) is 5.58 Å². The Hall–Kier alpha value is -3.41. The van der Waals surface area contributed by atoms with Gasteiger partial charge in [-0.15, -0.1) is 0 Å². The summed E-state index contributed by atoms with van der Waals surface area (Å²) in [4.78, 5) is 36.1. The minimum absolute atomic E-state index is 0.242. The summed E-state index contributed by atoms with van der Waals surface area (Å²) in [7, 11) is 0. The van der Waals surface area contributed by atoms with Gasteiger partial charge in [0, 0.05) is 11.8 Å². The van der Waals surface area contributed by atoms with E-state index in [0.717, 1.165) is 17.2 Å². The molecule has 0 aliphatic rings. The van der Waals surface area contributed by atoms with Gasteiger partial charge in [0.2, 0.25) is 5.76 Å². The van der Waals surface area contributed by atoms with Crippen LogP contribution in [0.2, 0.25) is 0 Å². The lowest BCUT2D eigenvalue weighted by Crippen LogP contribution is -2.22. The molecule has 1 N–H and O–H groups in total. The highest BCUT2D eigenvalue weighted by atomic mass is 16.5. The Bertz CT molecular complexity index is 1050. The van der Waals surface area contributed by atoms with Crippen LogP contribution in [-0.4, -0.2) is 18.5 Å². The molecule has 6 nitrogen and oxygen atoms in total. The van der Waals surface area contributed by atoms with Crippen LogP contribution in [0.1, 0.15) is 21.7 Å². The molecule has 0 atom stereocenters. The number of carbonyl (C=O) groups is 2. The van der Waals surface area contributed by atoms with E-state index in [1.807, 2.05) is 26.0 Å². The quantitative estimate of drug-likeness (QED) is 0.730. The summed E-state index contributed by atoms with van der Waals surface area (Å²) in [6, 6.07) is 13.2. The van der Waals surface area contributed by atoms with Crippen LogP contribution in [-0.2, 0) is 9.53 Å². The molecule has 0 spiro atoms. The number of amides is 1. The molecule has 0 aliphatic heterocycles. The van der Waals surface area contributed by atoms with Gasteiger partial charge in [-0.25, -0.2) is 4.79 Å². The number of aryl methyl sites for hydroxylation is 1. The molecule has 0 aliphatic carbocycles. The summed E-state index contributed by atoms with van der Waals surface area (Å²) >= 11 is 0. The maximum absolute atomic E-state index is 12.1. The van der Waals surface area contributed by atoms with Crippen LogP contribution in [0, 0.1) is 13.8 Å². The van der Waals surface area contributed by atoms with Crippen LogP contribution in [0.4, 0.5) is 5.69 Å². The maximum atomic E-state index is 12.1. The molecule has 2 aromatic carbocycles. The number of esters is 1. The second kappa shape index (κ2) is 7.23. The van der Waals surface area contributed by atoms with E-state index in [1.54, 1.807) is 30.3 Å². The van der Waals surface area contributed by atoms with Gasteiger partial charge in [-0.1, -0.05) is 24.3 Å². The molecule has 3 aromatic rings. The van der Waals surface area contributed by atoms with Crippen molar-refractivity contribution in [1.29, 1.82) is 0 Å². The molecular formula is C20H17NO5. The zero-order chi connectivity index (χ0) is 18.7. The molecule has 26 heavy (non-hydrogen) atoms. The maximum Gasteiger partial charge on any atom is 0.374 e. The number of fused-ring (bicyclic) bond motifs is 1. The summed E-state index contributed by atoms with van der Waals surface area (Å²) in [5.41, 5.74) is 2.57. The van der Waals surface area contributed by atoms with E-state index in [9.17, 15) is 14.4 Å². The molecule has 0 fully saturated rings. The molecule has 0 saturated carbocycles. The monoisotopic (exact) mass is 351 g/mol. The van der Waals surface area contributed by atoms with Crippen LogP contribution in [0.25, 0.3) is 11.0 Å². The largest absolute Gasteiger partial charge is 0.450 e. The van der Waals surface area contributed by atoms with E-state index in [-0.39, 0.29) is 16.8 Å². The van der Waals surface area contributed by atoms with Gasteiger partial charge in [0.15, 0.2) is 12.0 Å². The van der Waals surface area contributed by atoms with Crippen molar-refractivity contribution in [2.75, 3.05) is 11.9 Å². The van der Waals surface area contributed by atoms with E-state index in [2.05, 4.69) is 5.32 Å². The first kappa shape index (κ1) is 17.4. The smallest absolute Gasteiger partial charge is 0.374 e. The Balaban J connectivity index is 1.68. The summed E-state index contributed by atoms with van der Waals surface area (Å²) in [5.74, 6) is -1.59. The molecule has 0 bridgehead atoms. The Kier molecular flexibility index (Phi) is 4.84. The average Bonchev–Trinajstić information content (AvgIpc) is 2.63. The first-order chi connectivity index (χ1) is 12.5. The topological polar surface area (TPSA) is 85.6 Å². The van der Waals surface area contributed by atoms with Gasteiger partial charge in [0.05, 0.1) is 5.39 Å². The van der Waals surface area contributed by atoms with E-state index in [4.69, 9.17) is 9.15 Å². The normalized spacial score (nSPS) is 10.5. The van der Waals surface area contributed by atoms with E-state index >= 15 is 0 Å². The highest BCUT2D eigenvalue weighted by Crippen LogP contribution is 2.18. The third-order valence-electron chi connectivity index (χ3n) is 4.05. The van der Waals surface area contributed by atoms with Crippen molar-refractivity contribution in [2.45, 2.75) is 13.8 Å². The third-order valence-corrected chi connectivity index (χ3v) is 4.05. The van der Waals surface area contributed by atoms with Gasteiger partial charge in [-0.3, -0.25) is 9.59 Å². The number of anilines is 1. The second-order valence-corrected chi connectivity index (χ2v) is 5.84. The fourth-order valence-electron chi connectivity index (χ4n) is 2.48. The highest BCUT2D eigenvalue weighted by molar-refractivity contribution is 5.95. The van der Waals surface area contributed by atoms with Crippen molar-refractivity contribution in [3.63, 3.8) is 0 Å². The SMILES string of the molecule is Cc1cccc(NC(=O)COC(=O)c2cc(=O)c3ccccc3o2)c1C. The number of rotatable bonds is 4. The number of nitrogens with one attached hydrogen (secondary N) is 1. The molecule has 132 valence electrons. The predicted octanol–water partition coefficient (Wildman–Crippen LogP) is 3.21. The molecule has 6 heteroatoms. The van der Waals surface area contributed by atoms with E-state index < -0.39 is 18.5 Å². The first-order valence-electron chi connectivity index (χ1n) is 8.02. The number of carbonyl (C=O) groups excluding carboxylic acids is 2. The molecule has 0 saturated heterocycles. The number of para-hydroxylation sites is 1. The molecule has 3 rings (SSSR count). The lowest BCUT2D eigenvalue weighted by molar-refractivity contribution is -0.119. The fraction of sp³-hybridized carbons (Fsp3) is 0.150. The molecular weight excluding hydrogens is 334 g/mol. The summed E-state index contributed by atoms with van der Waals surface area (Å²) in [6.45, 7) is 3.34. The van der Waals surface area contributed by atoms with Crippen LogP contribution >= 0.6 is 0 Å². The van der Waals surface area contributed by atoms with Gasteiger partial charge in [0.25, 0.3) is 5.91 Å². The standard InChI is InChI=1S/C20H17NO5/c1-12-6-5-8-15(13(12)2)21-19(23)11-25-20(24)18-10-16(22)14-7-3-4-9-17(14)26-18/h3-10H,11H2,1-2H3,(H,21,23). The van der Waals surface area contributed by atoms with Crippen molar-refractivity contribution < 1.29 is 18.7 Å². The Morgan fingerprint density at radius 2 is 1.85 bits per heavy atom. The Labute approximate surface area is 149 Å². The van der Waals surface area contributed by atoms with Crippen molar-refractivity contribution >= 4 is 28.5 Å².